The van der Waals surface area contributed by atoms with Crippen molar-refractivity contribution in [3.05, 3.63) is 53.6 Å². The van der Waals surface area contributed by atoms with E-state index in [0.29, 0.717) is 0 Å². The third-order valence-corrected chi connectivity index (χ3v) is 10.8. The summed E-state index contributed by atoms with van der Waals surface area (Å²) < 4.78 is 5.45. The molecule has 0 amide bonds. The molecule has 0 fully saturated rings. The van der Waals surface area contributed by atoms with Crippen LogP contribution in [0.1, 0.15) is 11.1 Å². The summed E-state index contributed by atoms with van der Waals surface area (Å²) in [5.41, 5.74) is 5.72. The van der Waals surface area contributed by atoms with Crippen molar-refractivity contribution >= 4 is 33.0 Å². The van der Waals surface area contributed by atoms with Gasteiger partial charge < -0.3 is 9.13 Å². The second kappa shape index (κ2) is 5.78. The first-order chi connectivity index (χ1) is 11.1. The summed E-state index contributed by atoms with van der Waals surface area (Å²) in [6.45, 7) is 17.9. The molecule has 0 spiro atoms. The summed E-state index contributed by atoms with van der Waals surface area (Å²) in [7, 11) is -3.22. The van der Waals surface area contributed by atoms with Crippen molar-refractivity contribution in [2.45, 2.75) is 46.6 Å². The van der Waals surface area contributed by atoms with Gasteiger partial charge in [0.2, 0.25) is 0 Å². The molecule has 24 heavy (non-hydrogen) atoms. The van der Waals surface area contributed by atoms with Gasteiger partial charge in [-0.1, -0.05) is 56.0 Å². The molecule has 0 N–H and O–H groups in total. The van der Waals surface area contributed by atoms with Crippen molar-refractivity contribution in [2.24, 2.45) is 0 Å². The summed E-state index contributed by atoms with van der Waals surface area (Å²) in [4.78, 5) is 0. The lowest BCUT2D eigenvalue weighted by Crippen LogP contribution is -2.70. The average molecular weight is 355 g/mol. The fraction of sp³-hybridized carbons (Fsp3) is 0.400. The minimum Gasteiger partial charge on any atom is -0.382 e. The third kappa shape index (κ3) is 2.72. The molecule has 0 bridgehead atoms. The highest BCUT2D eigenvalue weighted by Gasteiger charge is 2.43. The monoisotopic (exact) mass is 354 g/mol. The quantitative estimate of drug-likeness (QED) is 0.712. The Morgan fingerprint density at radius 2 is 1.46 bits per heavy atom. The van der Waals surface area contributed by atoms with Crippen molar-refractivity contribution in [3.63, 3.8) is 0 Å². The topological polar surface area (TPSA) is 6.48 Å². The van der Waals surface area contributed by atoms with Gasteiger partial charge in [-0.3, -0.25) is 0 Å². The van der Waals surface area contributed by atoms with E-state index in [1.54, 1.807) is 5.19 Å². The summed E-state index contributed by atoms with van der Waals surface area (Å²) in [5.74, 6) is 0. The van der Waals surface area contributed by atoms with Gasteiger partial charge in [-0.15, -0.1) is 0 Å². The van der Waals surface area contributed by atoms with E-state index in [1.165, 1.54) is 22.5 Å². The van der Waals surface area contributed by atoms with Crippen molar-refractivity contribution < 1.29 is 0 Å². The number of hydrogen-bond acceptors (Lipinski definition) is 2. The molecule has 0 saturated heterocycles. The summed E-state index contributed by atoms with van der Waals surface area (Å²) >= 11 is 0. The van der Waals surface area contributed by atoms with Crippen LogP contribution in [0, 0.1) is 13.8 Å². The Bertz CT molecular complexity index is 742. The van der Waals surface area contributed by atoms with Crippen molar-refractivity contribution in [1.82, 2.24) is 0 Å². The second-order valence-corrected chi connectivity index (χ2v) is 17.6. The van der Waals surface area contributed by atoms with Crippen LogP contribution in [0.25, 0.3) is 0 Å². The summed E-state index contributed by atoms with van der Waals surface area (Å²) in [6.07, 6.45) is 0. The number of rotatable bonds is 2. The molecular weight excluding hydrogens is 324 g/mol. The highest BCUT2D eigenvalue weighted by molar-refractivity contribution is 6.95. The number of fused-ring (bicyclic) bond motifs is 1. The van der Waals surface area contributed by atoms with E-state index < -0.39 is 16.5 Å². The highest BCUT2D eigenvalue weighted by Crippen LogP contribution is 2.36. The fourth-order valence-corrected chi connectivity index (χ4v) is 8.70. The molecule has 1 heterocycles. The molecule has 0 aromatic heterocycles. The molecule has 2 aromatic carbocycles. The van der Waals surface area contributed by atoms with E-state index in [1.807, 2.05) is 0 Å². The molecule has 2 aromatic rings. The minimum absolute atomic E-state index is 1.03. The zero-order valence-corrected chi connectivity index (χ0v) is 18.1. The maximum Gasteiger partial charge on any atom is 0.186 e. The van der Waals surface area contributed by atoms with E-state index in [4.69, 9.17) is 0 Å². The first kappa shape index (κ1) is 17.3. The zero-order chi connectivity index (χ0) is 17.7. The van der Waals surface area contributed by atoms with E-state index in [-0.39, 0.29) is 0 Å². The fourth-order valence-electron chi connectivity index (χ4n) is 3.92. The Balaban J connectivity index is 2.23. The number of aryl methyl sites for hydroxylation is 2. The molecule has 1 aliphatic rings. The molecule has 0 unspecified atom stereocenters. The maximum absolute atomic E-state index is 2.75. The largest absolute Gasteiger partial charge is 0.382 e. The molecule has 2 nitrogen and oxygen atoms in total. The van der Waals surface area contributed by atoms with Gasteiger partial charge in [0.25, 0.3) is 0 Å². The predicted molar refractivity (Wildman–Crippen MR) is 113 cm³/mol. The van der Waals surface area contributed by atoms with E-state index >= 15 is 0 Å². The van der Waals surface area contributed by atoms with Gasteiger partial charge in [0.15, 0.2) is 8.24 Å². The Hall–Kier alpha value is -1.53. The molecule has 0 aliphatic carbocycles. The zero-order valence-electron chi connectivity index (χ0n) is 16.1. The molecule has 3 rings (SSSR count). The normalized spacial score (nSPS) is 17.0. The summed E-state index contributed by atoms with van der Waals surface area (Å²) in [6, 6.07) is 15.8. The van der Waals surface area contributed by atoms with E-state index in [0.717, 1.165) is 6.67 Å². The standard InChI is InChI=1S/C20H30N2Si2/c1-16-11-10-12-17(2)20(16)22-15-21(23(3,4)5)18-13-8-9-14-19(18)24(22,6)7/h8-14H,15H2,1-7H3. The third-order valence-electron chi connectivity index (χ3n) is 5.33. The molecule has 128 valence electrons. The van der Waals surface area contributed by atoms with Crippen LogP contribution in [0.4, 0.5) is 11.4 Å². The van der Waals surface area contributed by atoms with Crippen LogP contribution in [0.5, 0.6) is 0 Å². The van der Waals surface area contributed by atoms with Gasteiger partial charge in [-0.25, -0.2) is 0 Å². The van der Waals surface area contributed by atoms with Gasteiger partial charge in [0, 0.05) is 11.4 Å². The summed E-state index contributed by atoms with van der Waals surface area (Å²) in [5, 5.41) is 1.57. The van der Waals surface area contributed by atoms with Crippen LogP contribution in [0.3, 0.4) is 0 Å². The van der Waals surface area contributed by atoms with Crippen LogP contribution < -0.4 is 14.3 Å². The minimum atomic E-state index is -1.75. The Kier molecular flexibility index (Phi) is 4.16. The Labute approximate surface area is 149 Å². The number of nitrogens with zero attached hydrogens (tertiary/aromatic N) is 2. The lowest BCUT2D eigenvalue weighted by molar-refractivity contribution is 0.945. The van der Waals surface area contributed by atoms with Crippen molar-refractivity contribution in [2.75, 3.05) is 15.8 Å². The molecule has 1 aliphatic heterocycles. The van der Waals surface area contributed by atoms with E-state index in [9.17, 15) is 0 Å². The van der Waals surface area contributed by atoms with Crippen molar-refractivity contribution in [1.29, 1.82) is 0 Å². The molecule has 0 radical (unpaired) electrons. The average Bonchev–Trinajstić information content (AvgIpc) is 2.48. The van der Waals surface area contributed by atoms with Gasteiger partial charge in [-0.05, 0) is 49.3 Å². The van der Waals surface area contributed by atoms with Gasteiger partial charge in [-0.2, -0.15) is 0 Å². The number of hydrogen-bond donors (Lipinski definition) is 0. The van der Waals surface area contributed by atoms with Gasteiger partial charge in [0.1, 0.15) is 8.24 Å². The molecule has 0 atom stereocenters. The van der Waals surface area contributed by atoms with Crippen LogP contribution in [-0.4, -0.2) is 23.1 Å². The first-order valence-corrected chi connectivity index (χ1v) is 15.2. The number of anilines is 2. The molecule has 4 heteroatoms. The highest BCUT2D eigenvalue weighted by atomic mass is 28.3. The second-order valence-electron chi connectivity index (χ2n) is 8.48. The number of benzene rings is 2. The lowest BCUT2D eigenvalue weighted by Gasteiger charge is -2.53. The SMILES string of the molecule is Cc1cccc(C)c1N1CN([Si](C)(C)C)c2ccccc2[Si]1(C)C. The maximum atomic E-state index is 2.75. The van der Waals surface area contributed by atoms with Crippen LogP contribution in [0.2, 0.25) is 32.7 Å². The lowest BCUT2D eigenvalue weighted by atomic mass is 10.1. The smallest absolute Gasteiger partial charge is 0.186 e. The van der Waals surface area contributed by atoms with E-state index in [2.05, 4.69) is 98.2 Å². The van der Waals surface area contributed by atoms with Crippen LogP contribution in [-0.2, 0) is 0 Å². The molecular formula is C20H30N2Si2. The first-order valence-electron chi connectivity index (χ1n) is 8.85. The predicted octanol–water partition coefficient (Wildman–Crippen LogP) is 4.83. The van der Waals surface area contributed by atoms with Crippen LogP contribution in [0.15, 0.2) is 42.5 Å². The van der Waals surface area contributed by atoms with Crippen molar-refractivity contribution in [3.8, 4) is 0 Å². The van der Waals surface area contributed by atoms with Crippen LogP contribution >= 0.6 is 0 Å². The number of para-hydroxylation sites is 2. The Morgan fingerprint density at radius 1 is 0.875 bits per heavy atom. The molecule has 0 saturated carbocycles. The Morgan fingerprint density at radius 3 is 2.04 bits per heavy atom. The van der Waals surface area contributed by atoms with Gasteiger partial charge >= 0.3 is 0 Å². The van der Waals surface area contributed by atoms with Gasteiger partial charge in [0.05, 0.1) is 6.67 Å².